The van der Waals surface area contributed by atoms with Crippen LogP contribution in [0, 0.1) is 0 Å². The molecule has 0 saturated carbocycles. The molecular formula is C16H21N7O3. The molecule has 1 N–H and O–H groups in total. The SMILES string of the molecule is COCc1nc(CN2CCn3nc([C@H](O)c4ccnn4C)cc3C2)no1. The molecule has 10 nitrogen and oxygen atoms in total. The van der Waals surface area contributed by atoms with E-state index in [9.17, 15) is 5.11 Å². The van der Waals surface area contributed by atoms with Crippen LogP contribution in [0.2, 0.25) is 0 Å². The van der Waals surface area contributed by atoms with Gasteiger partial charge in [0.25, 0.3) is 5.89 Å². The van der Waals surface area contributed by atoms with Gasteiger partial charge in [-0.25, -0.2) is 0 Å². The molecule has 0 aromatic carbocycles. The van der Waals surface area contributed by atoms with Crippen LogP contribution in [-0.4, -0.2) is 53.4 Å². The van der Waals surface area contributed by atoms with Crippen molar-refractivity contribution in [2.45, 2.75) is 32.3 Å². The van der Waals surface area contributed by atoms with Crippen LogP contribution in [0.4, 0.5) is 0 Å². The summed E-state index contributed by atoms with van der Waals surface area (Å²) < 4.78 is 13.7. The monoisotopic (exact) mass is 359 g/mol. The Bertz CT molecular complexity index is 884. The molecule has 0 amide bonds. The number of aryl methyl sites for hydroxylation is 1. The second-order valence-electron chi connectivity index (χ2n) is 6.31. The van der Waals surface area contributed by atoms with Crippen LogP contribution in [0.3, 0.4) is 0 Å². The highest BCUT2D eigenvalue weighted by Gasteiger charge is 2.24. The molecule has 3 aromatic heterocycles. The first-order valence-electron chi connectivity index (χ1n) is 8.39. The van der Waals surface area contributed by atoms with E-state index in [2.05, 4.69) is 25.2 Å². The van der Waals surface area contributed by atoms with Crippen molar-refractivity contribution in [3.8, 4) is 0 Å². The average molecular weight is 359 g/mol. The number of aliphatic hydroxyl groups is 1. The molecule has 26 heavy (non-hydrogen) atoms. The number of nitrogens with zero attached hydrogens (tertiary/aromatic N) is 7. The molecule has 0 bridgehead atoms. The molecule has 0 aliphatic carbocycles. The van der Waals surface area contributed by atoms with Crippen LogP contribution in [0.15, 0.2) is 22.9 Å². The minimum Gasteiger partial charge on any atom is -0.380 e. The van der Waals surface area contributed by atoms with Crippen molar-refractivity contribution in [2.24, 2.45) is 7.05 Å². The summed E-state index contributed by atoms with van der Waals surface area (Å²) in [5, 5.41) is 23.2. The fraction of sp³-hybridized carbons (Fsp3) is 0.500. The van der Waals surface area contributed by atoms with E-state index in [1.807, 2.05) is 10.7 Å². The van der Waals surface area contributed by atoms with Gasteiger partial charge in [-0.05, 0) is 12.1 Å². The second-order valence-corrected chi connectivity index (χ2v) is 6.31. The second kappa shape index (κ2) is 6.98. The quantitative estimate of drug-likeness (QED) is 0.667. The van der Waals surface area contributed by atoms with Gasteiger partial charge in [-0.3, -0.25) is 14.3 Å². The smallest absolute Gasteiger partial charge is 0.252 e. The molecule has 0 fully saturated rings. The van der Waals surface area contributed by atoms with Gasteiger partial charge in [0.1, 0.15) is 12.7 Å². The van der Waals surface area contributed by atoms with Crippen LogP contribution in [0.5, 0.6) is 0 Å². The summed E-state index contributed by atoms with van der Waals surface area (Å²) >= 11 is 0. The van der Waals surface area contributed by atoms with E-state index in [0.29, 0.717) is 37.1 Å². The standard InChI is InChI=1S/C16H21N7O3/c1-21-13(3-4-17-21)16(24)12-7-11-8-22(5-6-23(11)19-12)9-14-18-15(10-25-2)26-20-14/h3-4,7,16,24H,5-6,8-10H2,1-2H3/t16-/m0/s1. The zero-order valence-corrected chi connectivity index (χ0v) is 14.7. The van der Waals surface area contributed by atoms with Crippen LogP contribution < -0.4 is 0 Å². The van der Waals surface area contributed by atoms with Crippen molar-refractivity contribution >= 4 is 0 Å². The van der Waals surface area contributed by atoms with E-state index in [0.717, 1.165) is 24.5 Å². The zero-order chi connectivity index (χ0) is 18.1. The number of aromatic nitrogens is 6. The Hall–Kier alpha value is -2.56. The lowest BCUT2D eigenvalue weighted by Gasteiger charge is -2.26. The third-order valence-corrected chi connectivity index (χ3v) is 4.46. The highest BCUT2D eigenvalue weighted by molar-refractivity contribution is 5.22. The summed E-state index contributed by atoms with van der Waals surface area (Å²) in [5.74, 6) is 1.12. The summed E-state index contributed by atoms with van der Waals surface area (Å²) in [6.07, 6.45) is 0.877. The maximum absolute atomic E-state index is 10.6. The predicted octanol–water partition coefficient (Wildman–Crippen LogP) is 0.243. The maximum atomic E-state index is 10.6. The van der Waals surface area contributed by atoms with Gasteiger partial charge in [0, 0.05) is 33.4 Å². The van der Waals surface area contributed by atoms with Gasteiger partial charge in [-0.1, -0.05) is 5.16 Å². The number of hydrogen-bond acceptors (Lipinski definition) is 8. The van der Waals surface area contributed by atoms with Crippen molar-refractivity contribution in [3.05, 3.63) is 47.1 Å². The number of rotatable bonds is 6. The van der Waals surface area contributed by atoms with Gasteiger partial charge >= 0.3 is 0 Å². The number of methoxy groups -OCH3 is 1. The van der Waals surface area contributed by atoms with Crippen molar-refractivity contribution in [3.63, 3.8) is 0 Å². The van der Waals surface area contributed by atoms with Gasteiger partial charge in [-0.2, -0.15) is 15.2 Å². The number of fused-ring (bicyclic) bond motifs is 1. The molecule has 0 radical (unpaired) electrons. The maximum Gasteiger partial charge on any atom is 0.252 e. The Balaban J connectivity index is 1.45. The van der Waals surface area contributed by atoms with Crippen molar-refractivity contribution in [2.75, 3.05) is 13.7 Å². The Morgan fingerprint density at radius 3 is 3.04 bits per heavy atom. The zero-order valence-electron chi connectivity index (χ0n) is 14.7. The van der Waals surface area contributed by atoms with Crippen LogP contribution in [0.1, 0.15) is 34.9 Å². The lowest BCUT2D eigenvalue weighted by Crippen LogP contribution is -2.33. The summed E-state index contributed by atoms with van der Waals surface area (Å²) in [5.41, 5.74) is 2.40. The molecule has 0 saturated heterocycles. The summed E-state index contributed by atoms with van der Waals surface area (Å²) in [7, 11) is 3.40. The fourth-order valence-corrected chi connectivity index (χ4v) is 3.15. The molecule has 1 atom stereocenters. The molecule has 4 heterocycles. The van der Waals surface area contributed by atoms with E-state index in [1.54, 1.807) is 31.1 Å². The van der Waals surface area contributed by atoms with E-state index in [-0.39, 0.29) is 0 Å². The van der Waals surface area contributed by atoms with Gasteiger partial charge in [-0.15, -0.1) is 0 Å². The lowest BCUT2D eigenvalue weighted by atomic mass is 10.1. The summed E-state index contributed by atoms with van der Waals surface area (Å²) in [6, 6.07) is 3.74. The highest BCUT2D eigenvalue weighted by atomic mass is 16.5. The number of hydrogen-bond donors (Lipinski definition) is 1. The van der Waals surface area contributed by atoms with Crippen LogP contribution in [-0.2, 0) is 38.0 Å². The molecule has 0 spiro atoms. The Labute approximate surface area is 150 Å². The molecule has 10 heteroatoms. The van der Waals surface area contributed by atoms with Crippen molar-refractivity contribution in [1.82, 2.24) is 34.6 Å². The summed E-state index contributed by atoms with van der Waals surface area (Å²) in [6.45, 7) is 3.19. The normalized spacial score (nSPS) is 16.0. The van der Waals surface area contributed by atoms with Gasteiger partial charge in [0.15, 0.2) is 5.82 Å². The first-order valence-corrected chi connectivity index (χ1v) is 8.39. The van der Waals surface area contributed by atoms with Crippen LogP contribution >= 0.6 is 0 Å². The largest absolute Gasteiger partial charge is 0.380 e. The van der Waals surface area contributed by atoms with E-state index in [1.165, 1.54) is 0 Å². The summed E-state index contributed by atoms with van der Waals surface area (Å²) in [4.78, 5) is 6.53. The van der Waals surface area contributed by atoms with Crippen LogP contribution in [0.25, 0.3) is 0 Å². The first kappa shape index (κ1) is 16.9. The number of ether oxygens (including phenoxy) is 1. The number of aliphatic hydroxyl groups excluding tert-OH is 1. The minimum absolute atomic E-state index is 0.315. The van der Waals surface area contributed by atoms with Crippen molar-refractivity contribution < 1.29 is 14.4 Å². The minimum atomic E-state index is -0.789. The predicted molar refractivity (Wildman–Crippen MR) is 88.6 cm³/mol. The van der Waals surface area contributed by atoms with Gasteiger partial charge in [0.05, 0.1) is 30.2 Å². The van der Waals surface area contributed by atoms with Crippen molar-refractivity contribution in [1.29, 1.82) is 0 Å². The van der Waals surface area contributed by atoms with Gasteiger partial charge in [0.2, 0.25) is 0 Å². The van der Waals surface area contributed by atoms with E-state index in [4.69, 9.17) is 9.26 Å². The molecule has 3 aromatic rings. The Morgan fingerprint density at radius 2 is 2.27 bits per heavy atom. The lowest BCUT2D eigenvalue weighted by molar-refractivity contribution is 0.151. The molecule has 1 aliphatic rings. The van der Waals surface area contributed by atoms with Gasteiger partial charge < -0.3 is 14.4 Å². The van der Waals surface area contributed by atoms with E-state index >= 15 is 0 Å². The first-order chi connectivity index (χ1) is 12.6. The fourth-order valence-electron chi connectivity index (χ4n) is 3.15. The third-order valence-electron chi connectivity index (χ3n) is 4.46. The third kappa shape index (κ3) is 3.26. The molecular weight excluding hydrogens is 338 g/mol. The molecule has 1 aliphatic heterocycles. The molecule has 0 unspecified atom stereocenters. The molecule has 138 valence electrons. The Morgan fingerprint density at radius 1 is 1.38 bits per heavy atom. The molecule has 4 rings (SSSR count). The highest BCUT2D eigenvalue weighted by Crippen LogP contribution is 2.23. The van der Waals surface area contributed by atoms with E-state index < -0.39 is 6.10 Å². The average Bonchev–Trinajstić information content (AvgIpc) is 3.34. The Kier molecular flexibility index (Phi) is 4.53. The topological polar surface area (TPSA) is 107 Å².